The van der Waals surface area contributed by atoms with Crippen molar-refractivity contribution < 1.29 is 17.9 Å². The average Bonchev–Trinajstić information content (AvgIpc) is 2.49. The van der Waals surface area contributed by atoms with E-state index < -0.39 is 12.8 Å². The maximum atomic E-state index is 11.6. The van der Waals surface area contributed by atoms with Gasteiger partial charge in [-0.15, -0.1) is 10.2 Å². The number of thioether (sulfide) groups is 1. The summed E-state index contributed by atoms with van der Waals surface area (Å²) < 4.78 is 40.0. The summed E-state index contributed by atoms with van der Waals surface area (Å²) in [6.07, 6.45) is -4.27. The second-order valence-electron chi connectivity index (χ2n) is 2.42. The number of nitrogens with two attached hydrogens (primary N) is 1. The van der Waals surface area contributed by atoms with Crippen LogP contribution in [0.3, 0.4) is 0 Å². The smallest absolute Gasteiger partial charge is 0.374 e. The van der Waals surface area contributed by atoms with Gasteiger partial charge in [-0.2, -0.15) is 13.2 Å². The lowest BCUT2D eigenvalue weighted by Gasteiger charge is -2.06. The van der Waals surface area contributed by atoms with E-state index in [0.29, 0.717) is 15.2 Å². The van der Waals surface area contributed by atoms with Crippen molar-refractivity contribution >= 4 is 28.2 Å². The minimum atomic E-state index is -4.27. The Bertz CT molecular complexity index is 304. The Morgan fingerprint density at radius 1 is 1.40 bits per heavy atom. The zero-order valence-corrected chi connectivity index (χ0v) is 9.08. The van der Waals surface area contributed by atoms with Gasteiger partial charge in [-0.3, -0.25) is 0 Å². The van der Waals surface area contributed by atoms with Crippen molar-refractivity contribution in [2.24, 2.45) is 0 Å². The predicted octanol–water partition coefficient (Wildman–Crippen LogP) is 1.79. The number of hydrogen-bond acceptors (Lipinski definition) is 6. The first-order chi connectivity index (χ1) is 6.97. The molecule has 15 heavy (non-hydrogen) atoms. The van der Waals surface area contributed by atoms with Crippen molar-refractivity contribution in [1.29, 1.82) is 0 Å². The number of nitrogen functional groups attached to an aromatic ring is 1. The third-order valence-corrected chi connectivity index (χ3v) is 2.99. The van der Waals surface area contributed by atoms with Crippen LogP contribution < -0.4 is 5.73 Å². The molecule has 0 atom stereocenters. The highest BCUT2D eigenvalue weighted by molar-refractivity contribution is 8.01. The van der Waals surface area contributed by atoms with E-state index in [0.717, 1.165) is 0 Å². The molecule has 86 valence electrons. The highest BCUT2D eigenvalue weighted by atomic mass is 32.2. The molecular weight excluding hydrogens is 251 g/mol. The summed E-state index contributed by atoms with van der Waals surface area (Å²) >= 11 is 2.46. The van der Waals surface area contributed by atoms with Gasteiger partial charge in [-0.05, 0) is 0 Å². The van der Waals surface area contributed by atoms with Gasteiger partial charge in [0.05, 0.1) is 6.61 Å². The molecule has 0 saturated heterocycles. The standard InChI is InChI=1S/C6H8F3N3OS2/c7-6(8,9)3-13-1-2-14-5-12-11-4(10)15-5/h1-3H2,(H2,10,11). The van der Waals surface area contributed by atoms with E-state index >= 15 is 0 Å². The molecule has 0 aliphatic carbocycles. The van der Waals surface area contributed by atoms with Crippen LogP contribution in [0.25, 0.3) is 0 Å². The number of alkyl halides is 3. The van der Waals surface area contributed by atoms with Gasteiger partial charge >= 0.3 is 6.18 Å². The molecule has 0 aliphatic rings. The van der Waals surface area contributed by atoms with E-state index in [-0.39, 0.29) is 6.61 Å². The van der Waals surface area contributed by atoms with Crippen molar-refractivity contribution in [1.82, 2.24) is 10.2 Å². The number of aromatic nitrogens is 2. The summed E-state index contributed by atoms with van der Waals surface area (Å²) in [6.45, 7) is -1.20. The first kappa shape index (κ1) is 12.5. The van der Waals surface area contributed by atoms with Crippen LogP contribution in [0.4, 0.5) is 18.3 Å². The molecule has 0 aromatic carbocycles. The highest BCUT2D eigenvalue weighted by Gasteiger charge is 2.27. The zero-order valence-electron chi connectivity index (χ0n) is 7.45. The van der Waals surface area contributed by atoms with Crippen molar-refractivity contribution in [2.75, 3.05) is 24.7 Å². The van der Waals surface area contributed by atoms with Crippen molar-refractivity contribution in [3.8, 4) is 0 Å². The fraction of sp³-hybridized carbons (Fsp3) is 0.667. The van der Waals surface area contributed by atoms with Gasteiger partial charge < -0.3 is 10.5 Å². The van der Waals surface area contributed by atoms with Crippen LogP contribution >= 0.6 is 23.1 Å². The normalized spacial score (nSPS) is 11.9. The molecule has 0 radical (unpaired) electrons. The second-order valence-corrected chi connectivity index (χ2v) is 4.77. The average molecular weight is 259 g/mol. The molecule has 0 saturated carbocycles. The Morgan fingerprint density at radius 2 is 2.13 bits per heavy atom. The Hall–Kier alpha value is -0.540. The molecule has 0 spiro atoms. The van der Waals surface area contributed by atoms with Gasteiger partial charge in [-0.1, -0.05) is 23.1 Å². The summed E-state index contributed by atoms with van der Waals surface area (Å²) in [7, 11) is 0. The molecule has 1 rings (SSSR count). The molecule has 1 aromatic heterocycles. The van der Waals surface area contributed by atoms with E-state index in [1.165, 1.54) is 23.1 Å². The van der Waals surface area contributed by atoms with Gasteiger partial charge in [0.1, 0.15) is 6.61 Å². The van der Waals surface area contributed by atoms with Crippen LogP contribution in [-0.2, 0) is 4.74 Å². The SMILES string of the molecule is Nc1nnc(SCCOCC(F)(F)F)s1. The highest BCUT2D eigenvalue weighted by Crippen LogP contribution is 2.23. The molecule has 2 N–H and O–H groups in total. The third-order valence-electron chi connectivity index (χ3n) is 1.14. The van der Waals surface area contributed by atoms with Crippen molar-refractivity contribution in [3.05, 3.63) is 0 Å². The lowest BCUT2D eigenvalue weighted by atomic mass is 10.7. The maximum absolute atomic E-state index is 11.6. The molecule has 4 nitrogen and oxygen atoms in total. The topological polar surface area (TPSA) is 61.0 Å². The Balaban J connectivity index is 2.07. The van der Waals surface area contributed by atoms with Crippen LogP contribution in [0.2, 0.25) is 0 Å². The molecule has 0 aliphatic heterocycles. The number of halogens is 3. The maximum Gasteiger partial charge on any atom is 0.411 e. The first-order valence-electron chi connectivity index (χ1n) is 3.83. The molecular formula is C6H8F3N3OS2. The summed E-state index contributed by atoms with van der Waals surface area (Å²) in [5.41, 5.74) is 5.32. The van der Waals surface area contributed by atoms with Crippen molar-refractivity contribution in [3.63, 3.8) is 0 Å². The Morgan fingerprint density at radius 3 is 2.67 bits per heavy atom. The van der Waals surface area contributed by atoms with Crippen molar-refractivity contribution in [2.45, 2.75) is 10.5 Å². The quantitative estimate of drug-likeness (QED) is 0.645. The van der Waals surface area contributed by atoms with E-state index in [1.54, 1.807) is 0 Å². The Labute approximate surface area is 92.0 Å². The van der Waals surface area contributed by atoms with Gasteiger partial charge in [0.2, 0.25) is 5.13 Å². The number of nitrogens with zero attached hydrogens (tertiary/aromatic N) is 2. The lowest BCUT2D eigenvalue weighted by Crippen LogP contribution is -2.17. The summed E-state index contributed by atoms with van der Waals surface area (Å²) in [5.74, 6) is 0.394. The van der Waals surface area contributed by atoms with Crippen LogP contribution in [0.15, 0.2) is 4.34 Å². The number of anilines is 1. The summed E-state index contributed by atoms with van der Waals surface area (Å²) in [5, 5.41) is 7.59. The predicted molar refractivity (Wildman–Crippen MR) is 51.9 cm³/mol. The minimum Gasteiger partial charge on any atom is -0.374 e. The van der Waals surface area contributed by atoms with Gasteiger partial charge in [0.25, 0.3) is 0 Å². The fourth-order valence-electron chi connectivity index (χ4n) is 0.655. The van der Waals surface area contributed by atoms with Crippen LogP contribution in [-0.4, -0.2) is 35.3 Å². The van der Waals surface area contributed by atoms with E-state index in [9.17, 15) is 13.2 Å². The number of ether oxygens (including phenoxy) is 1. The first-order valence-corrected chi connectivity index (χ1v) is 5.64. The van der Waals surface area contributed by atoms with Gasteiger partial charge in [-0.25, -0.2) is 0 Å². The largest absolute Gasteiger partial charge is 0.411 e. The van der Waals surface area contributed by atoms with E-state index in [2.05, 4.69) is 14.9 Å². The van der Waals surface area contributed by atoms with E-state index in [1.807, 2.05) is 0 Å². The van der Waals surface area contributed by atoms with Crippen LogP contribution in [0, 0.1) is 0 Å². The molecule has 0 amide bonds. The molecule has 1 heterocycles. The van der Waals surface area contributed by atoms with Gasteiger partial charge in [0, 0.05) is 5.75 Å². The third kappa shape index (κ3) is 5.80. The molecule has 1 aromatic rings. The van der Waals surface area contributed by atoms with E-state index in [4.69, 9.17) is 5.73 Å². The number of rotatable bonds is 5. The lowest BCUT2D eigenvalue weighted by molar-refractivity contribution is -0.172. The fourth-order valence-corrected chi connectivity index (χ4v) is 2.21. The summed E-state index contributed by atoms with van der Waals surface area (Å²) in [4.78, 5) is 0. The second kappa shape index (κ2) is 5.52. The van der Waals surface area contributed by atoms with Crippen LogP contribution in [0.5, 0.6) is 0 Å². The van der Waals surface area contributed by atoms with Gasteiger partial charge in [0.15, 0.2) is 4.34 Å². The number of hydrogen-bond donors (Lipinski definition) is 1. The minimum absolute atomic E-state index is 0.0175. The Kier molecular flexibility index (Phi) is 4.61. The monoisotopic (exact) mass is 259 g/mol. The zero-order chi connectivity index (χ0) is 11.3. The molecule has 9 heteroatoms. The molecule has 0 unspecified atom stereocenters. The summed E-state index contributed by atoms with van der Waals surface area (Å²) in [6, 6.07) is 0. The molecule has 0 bridgehead atoms. The van der Waals surface area contributed by atoms with Crippen LogP contribution in [0.1, 0.15) is 0 Å². The molecule has 0 fully saturated rings.